The molecule has 1 aliphatic rings. The van der Waals surface area contributed by atoms with Gasteiger partial charge in [-0.05, 0) is 57.7 Å². The maximum absolute atomic E-state index is 12.0. The van der Waals surface area contributed by atoms with Crippen molar-refractivity contribution in [2.75, 3.05) is 18.8 Å². The first-order chi connectivity index (χ1) is 9.35. The summed E-state index contributed by atoms with van der Waals surface area (Å²) in [5, 5.41) is 0. The second-order valence-corrected chi connectivity index (χ2v) is 6.24. The first kappa shape index (κ1) is 14.5. The fraction of sp³-hybridized carbons (Fsp3) is 0.562. The third-order valence-electron chi connectivity index (χ3n) is 3.38. The fourth-order valence-corrected chi connectivity index (χ4v) is 2.34. The number of likely N-dealkylation sites (tertiary alicyclic amines) is 1. The van der Waals surface area contributed by atoms with Gasteiger partial charge in [0.15, 0.2) is 0 Å². The van der Waals surface area contributed by atoms with Crippen molar-refractivity contribution < 1.29 is 9.53 Å². The largest absolute Gasteiger partial charge is 0.444 e. The molecule has 108 valence electrons. The van der Waals surface area contributed by atoms with Gasteiger partial charge in [-0.25, -0.2) is 4.79 Å². The van der Waals surface area contributed by atoms with E-state index in [0.717, 1.165) is 31.5 Å². The summed E-state index contributed by atoms with van der Waals surface area (Å²) in [7, 11) is 0. The molecule has 0 radical (unpaired) electrons. The third-order valence-corrected chi connectivity index (χ3v) is 3.38. The fourth-order valence-electron chi connectivity index (χ4n) is 2.34. The highest BCUT2D eigenvalue weighted by molar-refractivity contribution is 5.68. The van der Waals surface area contributed by atoms with Gasteiger partial charge in [0.2, 0.25) is 0 Å². The number of hydrogen-bond acceptors (Lipinski definition) is 3. The maximum Gasteiger partial charge on any atom is 0.410 e. The first-order valence-corrected chi connectivity index (χ1v) is 7.02. The summed E-state index contributed by atoms with van der Waals surface area (Å²) >= 11 is 0. The molecule has 1 saturated heterocycles. The number of rotatable bonds is 1. The van der Waals surface area contributed by atoms with E-state index in [9.17, 15) is 4.79 Å². The van der Waals surface area contributed by atoms with Crippen LogP contribution in [-0.2, 0) is 4.74 Å². The molecule has 0 unspecified atom stereocenters. The molecule has 2 N–H and O–H groups in total. The topological polar surface area (TPSA) is 55.6 Å². The van der Waals surface area contributed by atoms with Gasteiger partial charge in [0.05, 0.1) is 5.69 Å². The zero-order chi connectivity index (χ0) is 14.8. The van der Waals surface area contributed by atoms with Crippen LogP contribution in [0, 0.1) is 12.1 Å². The Bertz CT molecular complexity index is 454. The van der Waals surface area contributed by atoms with Crippen LogP contribution in [0.4, 0.5) is 10.5 Å². The Morgan fingerprint density at radius 3 is 2.45 bits per heavy atom. The van der Waals surface area contributed by atoms with E-state index in [-0.39, 0.29) is 6.09 Å². The number of nitrogens with two attached hydrogens (primary N) is 1. The number of nitrogen functional groups attached to an aromatic ring is 1. The van der Waals surface area contributed by atoms with E-state index in [4.69, 9.17) is 10.5 Å². The van der Waals surface area contributed by atoms with Gasteiger partial charge in [-0.15, -0.1) is 0 Å². The molecule has 0 bridgehead atoms. The van der Waals surface area contributed by atoms with Crippen molar-refractivity contribution in [1.82, 2.24) is 4.90 Å². The summed E-state index contributed by atoms with van der Waals surface area (Å²) < 4.78 is 5.39. The molecule has 4 nitrogen and oxygen atoms in total. The minimum Gasteiger partial charge on any atom is -0.444 e. The Labute approximate surface area is 120 Å². The number of amides is 1. The molecular formula is C16H22N2O2. The molecular weight excluding hydrogens is 252 g/mol. The zero-order valence-electron chi connectivity index (χ0n) is 12.4. The van der Waals surface area contributed by atoms with Crippen LogP contribution in [0.3, 0.4) is 0 Å². The molecule has 1 heterocycles. The molecule has 1 aliphatic heterocycles. The van der Waals surface area contributed by atoms with Crippen molar-refractivity contribution in [2.24, 2.45) is 0 Å². The molecule has 20 heavy (non-hydrogen) atoms. The van der Waals surface area contributed by atoms with Crippen molar-refractivity contribution in [2.45, 2.75) is 45.1 Å². The smallest absolute Gasteiger partial charge is 0.410 e. The first-order valence-electron chi connectivity index (χ1n) is 7.02. The van der Waals surface area contributed by atoms with Crippen LogP contribution >= 0.6 is 0 Å². The Morgan fingerprint density at radius 2 is 1.95 bits per heavy atom. The van der Waals surface area contributed by atoms with Crippen molar-refractivity contribution in [1.29, 1.82) is 0 Å². The van der Waals surface area contributed by atoms with Crippen molar-refractivity contribution >= 4 is 11.8 Å². The van der Waals surface area contributed by atoms with E-state index < -0.39 is 5.60 Å². The molecule has 1 aromatic carbocycles. The Balaban J connectivity index is 1.89. The summed E-state index contributed by atoms with van der Waals surface area (Å²) in [4.78, 5) is 13.8. The lowest BCUT2D eigenvalue weighted by Crippen LogP contribution is -2.41. The van der Waals surface area contributed by atoms with Gasteiger partial charge in [0, 0.05) is 18.7 Å². The Kier molecular flexibility index (Phi) is 4.08. The second kappa shape index (κ2) is 5.62. The van der Waals surface area contributed by atoms with Crippen molar-refractivity contribution in [3.05, 3.63) is 29.8 Å². The molecule has 0 aliphatic carbocycles. The molecule has 0 aromatic heterocycles. The van der Waals surface area contributed by atoms with E-state index >= 15 is 0 Å². The highest BCUT2D eigenvalue weighted by Crippen LogP contribution is 2.27. The minimum absolute atomic E-state index is 0.219. The van der Waals surface area contributed by atoms with Crippen LogP contribution in [0.1, 0.15) is 45.1 Å². The third kappa shape index (κ3) is 3.80. The molecule has 1 aromatic rings. The average Bonchev–Trinajstić information content (AvgIpc) is 2.38. The minimum atomic E-state index is -0.437. The number of hydrogen-bond donors (Lipinski definition) is 1. The molecule has 0 spiro atoms. The lowest BCUT2D eigenvalue weighted by Gasteiger charge is -2.33. The number of piperidine rings is 1. The van der Waals surface area contributed by atoms with Crippen LogP contribution in [0.5, 0.6) is 0 Å². The second-order valence-electron chi connectivity index (χ2n) is 6.24. The van der Waals surface area contributed by atoms with E-state index in [1.165, 1.54) is 0 Å². The van der Waals surface area contributed by atoms with Crippen LogP contribution in [0.25, 0.3) is 0 Å². The Morgan fingerprint density at radius 1 is 1.30 bits per heavy atom. The van der Waals surface area contributed by atoms with Crippen LogP contribution < -0.4 is 5.73 Å². The van der Waals surface area contributed by atoms with Crippen molar-refractivity contribution in [3.63, 3.8) is 0 Å². The van der Waals surface area contributed by atoms with Crippen LogP contribution in [-0.4, -0.2) is 29.7 Å². The summed E-state index contributed by atoms with van der Waals surface area (Å²) in [6.07, 6.45) is 1.63. The van der Waals surface area contributed by atoms with Gasteiger partial charge in [0.25, 0.3) is 0 Å². The van der Waals surface area contributed by atoms with Gasteiger partial charge in [-0.3, -0.25) is 0 Å². The summed E-state index contributed by atoms with van der Waals surface area (Å²) in [5.41, 5.74) is 6.92. The molecule has 0 atom stereocenters. The molecule has 0 saturated carbocycles. The molecule has 2 rings (SSSR count). The molecule has 1 fully saturated rings. The Hall–Kier alpha value is -1.89. The van der Waals surface area contributed by atoms with E-state index in [1.807, 2.05) is 32.9 Å². The van der Waals surface area contributed by atoms with Gasteiger partial charge in [-0.1, -0.05) is 6.07 Å². The summed E-state index contributed by atoms with van der Waals surface area (Å²) in [6.45, 7) is 7.10. The normalized spacial score (nSPS) is 16.6. The quantitative estimate of drug-likeness (QED) is 0.856. The highest BCUT2D eigenvalue weighted by Gasteiger charge is 2.27. The van der Waals surface area contributed by atoms with E-state index in [1.54, 1.807) is 4.90 Å². The molecule has 1 amide bonds. The average molecular weight is 274 g/mol. The maximum atomic E-state index is 12.0. The monoisotopic (exact) mass is 274 g/mol. The van der Waals surface area contributed by atoms with Gasteiger partial charge in [0.1, 0.15) is 5.60 Å². The standard InChI is InChI=1S/C16H22N2O2/c1-16(2,3)20-15(19)18-10-8-13(9-11-18)12-4-6-14(17)7-5-12/h4,6,13H,8-11,17H2,1-3H3. The highest BCUT2D eigenvalue weighted by atomic mass is 16.6. The lowest BCUT2D eigenvalue weighted by molar-refractivity contribution is 0.0205. The number of carbonyl (C=O) groups is 1. The molecule has 4 heteroatoms. The van der Waals surface area contributed by atoms with E-state index in [0.29, 0.717) is 11.6 Å². The van der Waals surface area contributed by atoms with Crippen LogP contribution in [0.15, 0.2) is 12.1 Å². The predicted octanol–water partition coefficient (Wildman–Crippen LogP) is 2.98. The van der Waals surface area contributed by atoms with Crippen molar-refractivity contribution in [3.8, 4) is 0 Å². The van der Waals surface area contributed by atoms with Gasteiger partial charge >= 0.3 is 6.09 Å². The predicted molar refractivity (Wildman–Crippen MR) is 78.3 cm³/mol. The van der Waals surface area contributed by atoms with Crippen LogP contribution in [0.2, 0.25) is 0 Å². The SMILES string of the molecule is CC(C)(C)OC(=O)N1CCC(c2c#cc(N)cc2)CC1. The number of ether oxygens (including phenoxy) is 1. The van der Waals surface area contributed by atoms with Gasteiger partial charge < -0.3 is 15.4 Å². The van der Waals surface area contributed by atoms with Gasteiger partial charge in [-0.2, -0.15) is 0 Å². The number of carbonyl (C=O) groups excluding carboxylic acids is 1. The lowest BCUT2D eigenvalue weighted by atomic mass is 9.90. The number of nitrogens with zero attached hydrogens (tertiary/aromatic N) is 1. The zero-order valence-corrected chi connectivity index (χ0v) is 12.4. The summed E-state index contributed by atoms with van der Waals surface area (Å²) in [6, 6.07) is 9.87. The summed E-state index contributed by atoms with van der Waals surface area (Å²) in [5.74, 6) is 0.422. The van der Waals surface area contributed by atoms with E-state index in [2.05, 4.69) is 12.1 Å². The number of anilines is 1.